The van der Waals surface area contributed by atoms with Crippen molar-refractivity contribution in [2.24, 2.45) is 0 Å². The van der Waals surface area contributed by atoms with Crippen LogP contribution >= 0.6 is 0 Å². The maximum absolute atomic E-state index is 11.0. The predicted octanol–water partition coefficient (Wildman–Crippen LogP) is -2.13. The quantitative estimate of drug-likeness (QED) is 0.420. The number of piperazine rings is 1. The average Bonchev–Trinajstić information content (AvgIpc) is 2.33. The molecule has 0 aromatic rings. The van der Waals surface area contributed by atoms with Gasteiger partial charge >= 0.3 is 0 Å². The second-order valence-electron chi connectivity index (χ2n) is 2.72. The Morgan fingerprint density at radius 3 is 3.09 bits per heavy atom. The van der Waals surface area contributed by atoms with Gasteiger partial charge in [-0.05, 0) is 0 Å². The monoisotopic (exact) mass is 155 g/mol. The Labute approximate surface area is 63.7 Å². The van der Waals surface area contributed by atoms with Crippen molar-refractivity contribution in [3.05, 3.63) is 0 Å². The first-order valence-corrected chi connectivity index (χ1v) is 3.57. The molecule has 2 aliphatic heterocycles. The van der Waals surface area contributed by atoms with Crippen LogP contribution in [0.5, 0.6) is 0 Å². The zero-order chi connectivity index (χ0) is 7.84. The van der Waals surface area contributed by atoms with Gasteiger partial charge in [-0.25, -0.2) is 0 Å². The molecule has 1 atom stereocenters. The first kappa shape index (κ1) is 6.60. The summed E-state index contributed by atoms with van der Waals surface area (Å²) in [6.45, 7) is 1.10. The minimum absolute atomic E-state index is 0.0184. The van der Waals surface area contributed by atoms with Crippen LogP contribution < -0.4 is 10.6 Å². The molecule has 2 amide bonds. The summed E-state index contributed by atoms with van der Waals surface area (Å²) < 4.78 is 0. The summed E-state index contributed by atoms with van der Waals surface area (Å²) in [5.41, 5.74) is 0. The van der Waals surface area contributed by atoms with E-state index in [2.05, 4.69) is 10.6 Å². The molecule has 0 aromatic carbocycles. The number of nitrogens with one attached hydrogen (secondary N) is 2. The number of carbonyl (C=O) groups is 2. The zero-order valence-corrected chi connectivity index (χ0v) is 5.96. The van der Waals surface area contributed by atoms with Gasteiger partial charge in [0.1, 0.15) is 12.7 Å². The van der Waals surface area contributed by atoms with Crippen LogP contribution in [0.15, 0.2) is 0 Å². The largest absolute Gasteiger partial charge is 0.351 e. The summed E-state index contributed by atoms with van der Waals surface area (Å²) in [7, 11) is 0. The topological polar surface area (TPSA) is 61.4 Å². The molecule has 2 heterocycles. The number of rotatable bonds is 0. The average molecular weight is 155 g/mol. The number of fused-ring (bicyclic) bond motifs is 1. The second kappa shape index (κ2) is 2.20. The summed E-state index contributed by atoms with van der Waals surface area (Å²) in [5.74, 6) is -0.0526. The molecule has 0 aliphatic carbocycles. The molecule has 0 aromatic heterocycles. The first-order chi connectivity index (χ1) is 5.27. The Morgan fingerprint density at radius 1 is 1.45 bits per heavy atom. The number of nitrogens with zero attached hydrogens (tertiary/aromatic N) is 1. The van der Waals surface area contributed by atoms with Gasteiger partial charge in [0.05, 0.1) is 13.1 Å². The van der Waals surface area contributed by atoms with E-state index in [0.717, 1.165) is 0 Å². The van der Waals surface area contributed by atoms with Crippen molar-refractivity contribution in [1.29, 1.82) is 0 Å². The van der Waals surface area contributed by atoms with Crippen molar-refractivity contribution in [3.63, 3.8) is 0 Å². The van der Waals surface area contributed by atoms with Crippen molar-refractivity contribution in [2.45, 2.75) is 6.17 Å². The summed E-state index contributed by atoms with van der Waals surface area (Å²) >= 11 is 0. The summed E-state index contributed by atoms with van der Waals surface area (Å²) in [4.78, 5) is 23.4. The highest BCUT2D eigenvalue weighted by molar-refractivity contribution is 5.88. The van der Waals surface area contributed by atoms with Crippen LogP contribution in [0.3, 0.4) is 0 Å². The van der Waals surface area contributed by atoms with Crippen molar-refractivity contribution < 1.29 is 9.59 Å². The van der Waals surface area contributed by atoms with Gasteiger partial charge in [0.2, 0.25) is 11.8 Å². The Bertz CT molecular complexity index is 216. The van der Waals surface area contributed by atoms with Gasteiger partial charge in [0, 0.05) is 0 Å². The first-order valence-electron chi connectivity index (χ1n) is 3.57. The molecule has 0 radical (unpaired) electrons. The zero-order valence-electron chi connectivity index (χ0n) is 5.96. The van der Waals surface area contributed by atoms with E-state index in [0.29, 0.717) is 13.1 Å². The van der Waals surface area contributed by atoms with Gasteiger partial charge in [-0.2, -0.15) is 0 Å². The van der Waals surface area contributed by atoms with E-state index in [4.69, 9.17) is 0 Å². The van der Waals surface area contributed by atoms with Crippen molar-refractivity contribution in [1.82, 2.24) is 15.5 Å². The highest BCUT2D eigenvalue weighted by atomic mass is 16.2. The molecule has 2 rings (SSSR count). The Hall–Kier alpha value is -1.10. The third-order valence-electron chi connectivity index (χ3n) is 1.99. The number of amides is 2. The lowest BCUT2D eigenvalue weighted by Crippen LogP contribution is -2.55. The van der Waals surface area contributed by atoms with Crippen LogP contribution in [-0.4, -0.2) is 42.5 Å². The molecule has 0 bridgehead atoms. The van der Waals surface area contributed by atoms with Gasteiger partial charge in [-0.3, -0.25) is 14.9 Å². The van der Waals surface area contributed by atoms with Gasteiger partial charge in [0.25, 0.3) is 0 Å². The van der Waals surface area contributed by atoms with Gasteiger partial charge in [-0.15, -0.1) is 0 Å². The normalized spacial score (nSPS) is 30.2. The third-order valence-corrected chi connectivity index (χ3v) is 1.99. The lowest BCUT2D eigenvalue weighted by molar-refractivity contribution is -0.136. The molecular weight excluding hydrogens is 146 g/mol. The maximum Gasteiger partial charge on any atom is 0.239 e. The van der Waals surface area contributed by atoms with Crippen LogP contribution in [0.1, 0.15) is 0 Å². The van der Waals surface area contributed by atoms with E-state index < -0.39 is 0 Å². The molecule has 2 N–H and O–H groups in total. The molecule has 5 heteroatoms. The van der Waals surface area contributed by atoms with Crippen LogP contribution in [-0.2, 0) is 9.59 Å². The second-order valence-corrected chi connectivity index (χ2v) is 2.72. The molecule has 2 saturated heterocycles. The summed E-state index contributed by atoms with van der Waals surface area (Å²) in [6, 6.07) is 0. The lowest BCUT2D eigenvalue weighted by Gasteiger charge is -2.28. The Kier molecular flexibility index (Phi) is 1.32. The summed E-state index contributed by atoms with van der Waals surface area (Å²) in [6.07, 6.45) is 0.0280. The SMILES string of the molecule is O=C1CN2C(=O)CNC2CN1. The van der Waals surface area contributed by atoms with Crippen molar-refractivity contribution in [2.75, 3.05) is 19.6 Å². The van der Waals surface area contributed by atoms with Gasteiger partial charge < -0.3 is 10.2 Å². The van der Waals surface area contributed by atoms with E-state index in [1.807, 2.05) is 0 Å². The van der Waals surface area contributed by atoms with Crippen LogP contribution in [0.25, 0.3) is 0 Å². The minimum atomic E-state index is -0.0710. The van der Waals surface area contributed by atoms with E-state index in [-0.39, 0.29) is 24.5 Å². The Balaban J connectivity index is 2.13. The van der Waals surface area contributed by atoms with E-state index in [1.54, 1.807) is 4.90 Å². The number of carbonyl (C=O) groups excluding carboxylic acids is 2. The van der Waals surface area contributed by atoms with Crippen LogP contribution in [0.4, 0.5) is 0 Å². The van der Waals surface area contributed by atoms with E-state index in [9.17, 15) is 9.59 Å². The van der Waals surface area contributed by atoms with E-state index in [1.165, 1.54) is 0 Å². The van der Waals surface area contributed by atoms with Gasteiger partial charge in [-0.1, -0.05) is 0 Å². The van der Waals surface area contributed by atoms with Crippen LogP contribution in [0, 0.1) is 0 Å². The molecule has 0 saturated carbocycles. The minimum Gasteiger partial charge on any atom is -0.351 e. The number of hydrogen-bond donors (Lipinski definition) is 2. The molecule has 11 heavy (non-hydrogen) atoms. The standard InChI is InChI=1S/C6H9N3O2/c10-5-3-9-4(1-8-5)7-2-6(9)11/h4,7H,1-3H2,(H,8,10). The third kappa shape index (κ3) is 0.970. The molecule has 5 nitrogen and oxygen atoms in total. The highest BCUT2D eigenvalue weighted by Gasteiger charge is 2.34. The highest BCUT2D eigenvalue weighted by Crippen LogP contribution is 2.06. The van der Waals surface area contributed by atoms with Crippen LogP contribution in [0.2, 0.25) is 0 Å². The Morgan fingerprint density at radius 2 is 2.27 bits per heavy atom. The van der Waals surface area contributed by atoms with Crippen molar-refractivity contribution in [3.8, 4) is 0 Å². The van der Waals surface area contributed by atoms with Gasteiger partial charge in [0.15, 0.2) is 0 Å². The predicted molar refractivity (Wildman–Crippen MR) is 36.5 cm³/mol. The smallest absolute Gasteiger partial charge is 0.239 e. The fraction of sp³-hybridized carbons (Fsp3) is 0.667. The van der Waals surface area contributed by atoms with E-state index >= 15 is 0 Å². The molecular formula is C6H9N3O2. The maximum atomic E-state index is 11.0. The number of hydrogen-bond acceptors (Lipinski definition) is 3. The molecule has 1 unspecified atom stereocenters. The lowest BCUT2D eigenvalue weighted by atomic mass is 10.3. The van der Waals surface area contributed by atoms with Crippen molar-refractivity contribution >= 4 is 11.8 Å². The molecule has 0 spiro atoms. The molecule has 2 aliphatic rings. The fourth-order valence-electron chi connectivity index (χ4n) is 1.39. The molecule has 60 valence electrons. The summed E-state index contributed by atoms with van der Waals surface area (Å²) in [5, 5.41) is 5.67. The molecule has 2 fully saturated rings. The fourth-order valence-corrected chi connectivity index (χ4v) is 1.39.